The quantitative estimate of drug-likeness (QED) is 0.906. The van der Waals surface area contributed by atoms with Gasteiger partial charge in [0.25, 0.3) is 0 Å². The Kier molecular flexibility index (Phi) is 4.69. The molecule has 2 aromatic rings. The minimum atomic E-state index is -0.834. The summed E-state index contributed by atoms with van der Waals surface area (Å²) < 4.78 is 14.7. The van der Waals surface area contributed by atoms with Crippen molar-refractivity contribution >= 4 is 15.9 Å². The molecule has 0 amide bonds. The first kappa shape index (κ1) is 14.2. The van der Waals surface area contributed by atoms with Gasteiger partial charge in [0.2, 0.25) is 0 Å². The van der Waals surface area contributed by atoms with Gasteiger partial charge in [-0.2, -0.15) is 0 Å². The Labute approximate surface area is 120 Å². The number of hydrogen-bond acceptors (Lipinski definition) is 2. The number of aliphatic hydroxyl groups is 1. The second-order valence-corrected chi connectivity index (χ2v) is 5.28. The Hall–Kier alpha value is -1.23. The van der Waals surface area contributed by atoms with E-state index in [1.165, 1.54) is 6.07 Å². The third kappa shape index (κ3) is 3.21. The van der Waals surface area contributed by atoms with Crippen molar-refractivity contribution in [1.82, 2.24) is 0 Å². The standard InChI is InChI=1S/C15H15BrFNO/c16-11-5-3-4-10(8-11)15(19)13(9-18)12-6-1-2-7-14(12)17/h1-8,13,15,19H,9,18H2. The molecule has 19 heavy (non-hydrogen) atoms. The van der Waals surface area contributed by atoms with Crippen molar-refractivity contribution in [2.24, 2.45) is 5.73 Å². The molecule has 0 bridgehead atoms. The Morgan fingerprint density at radius 3 is 2.53 bits per heavy atom. The van der Waals surface area contributed by atoms with Crippen molar-refractivity contribution in [3.63, 3.8) is 0 Å². The van der Waals surface area contributed by atoms with E-state index in [1.54, 1.807) is 24.3 Å². The molecular formula is C15H15BrFNO. The predicted molar refractivity (Wildman–Crippen MR) is 77.3 cm³/mol. The van der Waals surface area contributed by atoms with Gasteiger partial charge in [0.15, 0.2) is 0 Å². The summed E-state index contributed by atoms with van der Waals surface area (Å²) in [6.45, 7) is 0.175. The van der Waals surface area contributed by atoms with Gasteiger partial charge in [-0.25, -0.2) is 4.39 Å². The summed E-state index contributed by atoms with van der Waals surface area (Å²) in [5, 5.41) is 10.4. The molecule has 0 saturated carbocycles. The molecule has 0 radical (unpaired) electrons. The van der Waals surface area contributed by atoms with Crippen LogP contribution in [-0.4, -0.2) is 11.7 Å². The van der Waals surface area contributed by atoms with Gasteiger partial charge >= 0.3 is 0 Å². The minimum Gasteiger partial charge on any atom is -0.388 e. The summed E-state index contributed by atoms with van der Waals surface area (Å²) >= 11 is 3.36. The smallest absolute Gasteiger partial charge is 0.126 e. The van der Waals surface area contributed by atoms with Crippen LogP contribution in [0.15, 0.2) is 53.0 Å². The summed E-state index contributed by atoms with van der Waals surface area (Å²) in [7, 11) is 0. The van der Waals surface area contributed by atoms with Gasteiger partial charge < -0.3 is 10.8 Å². The van der Waals surface area contributed by atoms with Crippen LogP contribution >= 0.6 is 15.9 Å². The highest BCUT2D eigenvalue weighted by Crippen LogP contribution is 2.32. The first-order valence-electron chi connectivity index (χ1n) is 6.01. The highest BCUT2D eigenvalue weighted by Gasteiger charge is 2.23. The number of rotatable bonds is 4. The van der Waals surface area contributed by atoms with Crippen LogP contribution < -0.4 is 5.73 Å². The van der Waals surface area contributed by atoms with E-state index in [1.807, 2.05) is 18.2 Å². The lowest BCUT2D eigenvalue weighted by molar-refractivity contribution is 0.145. The van der Waals surface area contributed by atoms with Crippen molar-refractivity contribution in [2.75, 3.05) is 6.54 Å². The van der Waals surface area contributed by atoms with Crippen LogP contribution in [0.5, 0.6) is 0 Å². The van der Waals surface area contributed by atoms with E-state index < -0.39 is 12.0 Å². The molecule has 100 valence electrons. The van der Waals surface area contributed by atoms with Gasteiger partial charge in [-0.05, 0) is 29.3 Å². The Morgan fingerprint density at radius 2 is 1.89 bits per heavy atom. The summed E-state index contributed by atoms with van der Waals surface area (Å²) in [5.41, 5.74) is 6.87. The maximum absolute atomic E-state index is 13.8. The molecule has 0 heterocycles. The van der Waals surface area contributed by atoms with Crippen molar-refractivity contribution in [1.29, 1.82) is 0 Å². The lowest BCUT2D eigenvalue weighted by Gasteiger charge is -2.23. The number of hydrogen-bond donors (Lipinski definition) is 2. The zero-order chi connectivity index (χ0) is 13.8. The fourth-order valence-electron chi connectivity index (χ4n) is 2.12. The van der Waals surface area contributed by atoms with Gasteiger partial charge in [0, 0.05) is 16.9 Å². The van der Waals surface area contributed by atoms with E-state index in [-0.39, 0.29) is 12.4 Å². The molecule has 0 aliphatic heterocycles. The first-order valence-corrected chi connectivity index (χ1v) is 6.81. The van der Waals surface area contributed by atoms with Gasteiger partial charge in [0.1, 0.15) is 5.82 Å². The number of benzene rings is 2. The van der Waals surface area contributed by atoms with E-state index >= 15 is 0 Å². The third-order valence-corrected chi connectivity index (χ3v) is 3.62. The fourth-order valence-corrected chi connectivity index (χ4v) is 2.54. The molecule has 2 nitrogen and oxygen atoms in total. The van der Waals surface area contributed by atoms with Crippen LogP contribution in [0, 0.1) is 5.82 Å². The molecule has 2 rings (SSSR count). The molecule has 2 aromatic carbocycles. The average molecular weight is 324 g/mol. The second kappa shape index (κ2) is 6.28. The topological polar surface area (TPSA) is 46.2 Å². The molecule has 0 aliphatic carbocycles. The normalized spacial score (nSPS) is 14.1. The van der Waals surface area contributed by atoms with Crippen LogP contribution in [0.25, 0.3) is 0 Å². The van der Waals surface area contributed by atoms with Gasteiger partial charge in [0.05, 0.1) is 6.10 Å². The van der Waals surface area contributed by atoms with Gasteiger partial charge in [-0.15, -0.1) is 0 Å². The molecule has 3 N–H and O–H groups in total. The summed E-state index contributed by atoms with van der Waals surface area (Å²) in [4.78, 5) is 0. The van der Waals surface area contributed by atoms with Crippen LogP contribution in [0.2, 0.25) is 0 Å². The van der Waals surface area contributed by atoms with E-state index in [2.05, 4.69) is 15.9 Å². The van der Waals surface area contributed by atoms with E-state index in [9.17, 15) is 9.50 Å². The van der Waals surface area contributed by atoms with Crippen molar-refractivity contribution in [3.05, 3.63) is 69.9 Å². The lowest BCUT2D eigenvalue weighted by Crippen LogP contribution is -2.21. The van der Waals surface area contributed by atoms with Gasteiger partial charge in [-0.1, -0.05) is 46.3 Å². The molecule has 0 aromatic heterocycles. The molecular weight excluding hydrogens is 309 g/mol. The third-order valence-electron chi connectivity index (χ3n) is 3.13. The van der Waals surface area contributed by atoms with Crippen LogP contribution in [0.4, 0.5) is 4.39 Å². The molecule has 4 heteroatoms. The molecule has 0 spiro atoms. The van der Waals surface area contributed by atoms with Crippen molar-refractivity contribution < 1.29 is 9.50 Å². The number of halogens is 2. The molecule has 0 fully saturated rings. The molecule has 2 atom stereocenters. The Morgan fingerprint density at radius 1 is 1.16 bits per heavy atom. The first-order chi connectivity index (χ1) is 9.13. The van der Waals surface area contributed by atoms with E-state index in [0.29, 0.717) is 11.1 Å². The van der Waals surface area contributed by atoms with Crippen molar-refractivity contribution in [2.45, 2.75) is 12.0 Å². The van der Waals surface area contributed by atoms with Crippen LogP contribution in [-0.2, 0) is 0 Å². The predicted octanol–water partition coefficient (Wildman–Crippen LogP) is 3.36. The van der Waals surface area contributed by atoms with E-state index in [0.717, 1.165) is 4.47 Å². The van der Waals surface area contributed by atoms with Crippen LogP contribution in [0.3, 0.4) is 0 Å². The average Bonchev–Trinajstić information content (AvgIpc) is 2.41. The zero-order valence-electron chi connectivity index (χ0n) is 10.3. The molecule has 0 aliphatic rings. The summed E-state index contributed by atoms with van der Waals surface area (Å²) in [6.07, 6.45) is -0.834. The lowest BCUT2D eigenvalue weighted by atomic mass is 9.89. The summed E-state index contributed by atoms with van der Waals surface area (Å²) in [5.74, 6) is -0.803. The SMILES string of the molecule is NCC(c1ccccc1F)C(O)c1cccc(Br)c1. The molecule has 0 saturated heterocycles. The maximum Gasteiger partial charge on any atom is 0.126 e. The highest BCUT2D eigenvalue weighted by atomic mass is 79.9. The van der Waals surface area contributed by atoms with Crippen molar-refractivity contribution in [3.8, 4) is 0 Å². The maximum atomic E-state index is 13.8. The largest absolute Gasteiger partial charge is 0.388 e. The monoisotopic (exact) mass is 323 g/mol. The molecule has 2 unspecified atom stereocenters. The van der Waals surface area contributed by atoms with Gasteiger partial charge in [-0.3, -0.25) is 0 Å². The fraction of sp³-hybridized carbons (Fsp3) is 0.200. The Bertz CT molecular complexity index is 561. The zero-order valence-corrected chi connectivity index (χ0v) is 11.8. The number of nitrogens with two attached hydrogens (primary N) is 1. The highest BCUT2D eigenvalue weighted by molar-refractivity contribution is 9.10. The Balaban J connectivity index is 2.35. The minimum absolute atomic E-state index is 0.175. The van der Waals surface area contributed by atoms with E-state index in [4.69, 9.17) is 5.73 Å². The summed E-state index contributed by atoms with van der Waals surface area (Å²) in [6, 6.07) is 13.7. The second-order valence-electron chi connectivity index (χ2n) is 4.36. The van der Waals surface area contributed by atoms with Crippen LogP contribution in [0.1, 0.15) is 23.1 Å². The number of aliphatic hydroxyl groups excluding tert-OH is 1.